The highest BCUT2D eigenvalue weighted by Crippen LogP contribution is 2.33. The molecule has 1 aromatic rings. The smallest absolute Gasteiger partial charge is 0.224 e. The molecule has 2 N–H and O–H groups in total. The van der Waals surface area contributed by atoms with Gasteiger partial charge in [0.15, 0.2) is 0 Å². The van der Waals surface area contributed by atoms with Crippen molar-refractivity contribution in [2.24, 2.45) is 5.92 Å². The van der Waals surface area contributed by atoms with E-state index in [9.17, 15) is 4.79 Å². The zero-order valence-electron chi connectivity index (χ0n) is 8.16. The molecule has 15 heavy (non-hydrogen) atoms. The average Bonchev–Trinajstić information content (AvgIpc) is 2.94. The molecule has 1 saturated carbocycles. The van der Waals surface area contributed by atoms with Crippen molar-refractivity contribution in [2.75, 3.05) is 5.32 Å². The summed E-state index contributed by atoms with van der Waals surface area (Å²) in [6.45, 7) is 0. The van der Waals surface area contributed by atoms with Crippen molar-refractivity contribution < 1.29 is 9.90 Å². The highest BCUT2D eigenvalue weighted by molar-refractivity contribution is 6.33. The van der Waals surface area contributed by atoms with Crippen LogP contribution in [0, 0.1) is 5.92 Å². The number of nitrogens with one attached hydrogen (secondary N) is 1. The van der Waals surface area contributed by atoms with Gasteiger partial charge in [0.2, 0.25) is 5.91 Å². The van der Waals surface area contributed by atoms with Gasteiger partial charge in [0, 0.05) is 12.5 Å². The van der Waals surface area contributed by atoms with Crippen molar-refractivity contribution in [3.63, 3.8) is 0 Å². The maximum atomic E-state index is 11.5. The summed E-state index contributed by atoms with van der Waals surface area (Å²) >= 11 is 5.85. The monoisotopic (exact) mass is 225 g/mol. The number of benzene rings is 1. The van der Waals surface area contributed by atoms with E-state index in [1.54, 1.807) is 6.07 Å². The zero-order valence-corrected chi connectivity index (χ0v) is 8.92. The summed E-state index contributed by atoms with van der Waals surface area (Å²) in [4.78, 5) is 11.5. The van der Waals surface area contributed by atoms with E-state index in [4.69, 9.17) is 16.7 Å². The highest BCUT2D eigenvalue weighted by Gasteiger charge is 2.24. The SMILES string of the molecule is O=C(CC1CC1)Nc1ccc(O)cc1Cl. The molecular weight excluding hydrogens is 214 g/mol. The number of anilines is 1. The Morgan fingerprint density at radius 3 is 2.87 bits per heavy atom. The van der Waals surface area contributed by atoms with Crippen molar-refractivity contribution in [1.82, 2.24) is 0 Å². The van der Waals surface area contributed by atoms with Crippen LogP contribution in [0.4, 0.5) is 5.69 Å². The third-order valence-electron chi connectivity index (χ3n) is 2.40. The van der Waals surface area contributed by atoms with Crippen LogP contribution in [-0.2, 0) is 4.79 Å². The Bertz CT molecular complexity index is 388. The van der Waals surface area contributed by atoms with Crippen LogP contribution in [-0.4, -0.2) is 11.0 Å². The van der Waals surface area contributed by atoms with E-state index < -0.39 is 0 Å². The average molecular weight is 226 g/mol. The fourth-order valence-electron chi connectivity index (χ4n) is 1.39. The van der Waals surface area contributed by atoms with E-state index in [1.807, 2.05) is 0 Å². The maximum Gasteiger partial charge on any atom is 0.224 e. The lowest BCUT2D eigenvalue weighted by atomic mass is 10.2. The number of aromatic hydroxyl groups is 1. The summed E-state index contributed by atoms with van der Waals surface area (Å²) < 4.78 is 0. The fourth-order valence-corrected chi connectivity index (χ4v) is 1.61. The highest BCUT2D eigenvalue weighted by atomic mass is 35.5. The molecule has 0 heterocycles. The molecule has 80 valence electrons. The van der Waals surface area contributed by atoms with Crippen LogP contribution in [0.5, 0.6) is 5.75 Å². The molecule has 1 aliphatic rings. The molecule has 0 aromatic heterocycles. The molecule has 1 fully saturated rings. The van der Waals surface area contributed by atoms with E-state index in [0.29, 0.717) is 23.0 Å². The number of phenols is 1. The Hall–Kier alpha value is -1.22. The van der Waals surface area contributed by atoms with Crippen molar-refractivity contribution in [3.05, 3.63) is 23.2 Å². The Balaban J connectivity index is 1.99. The Morgan fingerprint density at radius 2 is 2.27 bits per heavy atom. The van der Waals surface area contributed by atoms with Gasteiger partial charge < -0.3 is 10.4 Å². The van der Waals surface area contributed by atoms with Crippen LogP contribution in [0.2, 0.25) is 5.02 Å². The van der Waals surface area contributed by atoms with Crippen molar-refractivity contribution in [2.45, 2.75) is 19.3 Å². The lowest BCUT2D eigenvalue weighted by molar-refractivity contribution is -0.116. The fraction of sp³-hybridized carbons (Fsp3) is 0.364. The first-order valence-electron chi connectivity index (χ1n) is 4.93. The van der Waals surface area contributed by atoms with Gasteiger partial charge in [-0.2, -0.15) is 0 Å². The first kappa shape index (κ1) is 10.3. The minimum atomic E-state index is -0.00918. The van der Waals surface area contributed by atoms with Gasteiger partial charge in [-0.15, -0.1) is 0 Å². The molecule has 1 aliphatic carbocycles. The first-order chi connectivity index (χ1) is 7.15. The van der Waals surface area contributed by atoms with E-state index in [2.05, 4.69) is 5.32 Å². The Kier molecular flexibility index (Phi) is 2.82. The van der Waals surface area contributed by atoms with Gasteiger partial charge in [-0.05, 0) is 30.9 Å². The van der Waals surface area contributed by atoms with Gasteiger partial charge in [-0.3, -0.25) is 4.79 Å². The van der Waals surface area contributed by atoms with Gasteiger partial charge in [0.1, 0.15) is 5.75 Å². The van der Waals surface area contributed by atoms with Gasteiger partial charge in [0.05, 0.1) is 10.7 Å². The quantitative estimate of drug-likeness (QED) is 0.778. The predicted octanol–water partition coefficient (Wildman–Crippen LogP) is 2.78. The molecule has 0 bridgehead atoms. The lowest BCUT2D eigenvalue weighted by Crippen LogP contribution is -2.12. The number of amides is 1. The third-order valence-corrected chi connectivity index (χ3v) is 2.71. The van der Waals surface area contributed by atoms with E-state index in [0.717, 1.165) is 12.8 Å². The molecule has 1 amide bonds. The normalized spacial score (nSPS) is 15.0. The van der Waals surface area contributed by atoms with Crippen LogP contribution in [0.3, 0.4) is 0 Å². The van der Waals surface area contributed by atoms with Crippen LogP contribution < -0.4 is 5.32 Å². The summed E-state index contributed by atoms with van der Waals surface area (Å²) in [7, 11) is 0. The number of carbonyl (C=O) groups is 1. The Morgan fingerprint density at radius 1 is 1.53 bits per heavy atom. The predicted molar refractivity (Wildman–Crippen MR) is 59.1 cm³/mol. The Labute approximate surface area is 93.1 Å². The van der Waals surface area contributed by atoms with Gasteiger partial charge in [-0.1, -0.05) is 11.6 Å². The van der Waals surface area contributed by atoms with Crippen LogP contribution in [0.1, 0.15) is 19.3 Å². The number of hydrogen-bond donors (Lipinski definition) is 2. The molecule has 1 aromatic carbocycles. The second-order valence-corrected chi connectivity index (χ2v) is 4.27. The molecule has 0 unspecified atom stereocenters. The molecular formula is C11H12ClNO2. The second-order valence-electron chi connectivity index (χ2n) is 3.86. The van der Waals surface area contributed by atoms with Crippen LogP contribution in [0.25, 0.3) is 0 Å². The summed E-state index contributed by atoms with van der Waals surface area (Å²) in [5.74, 6) is 0.645. The number of rotatable bonds is 3. The second kappa shape index (κ2) is 4.11. The molecule has 0 saturated heterocycles. The molecule has 0 radical (unpaired) electrons. The summed E-state index contributed by atoms with van der Waals surface area (Å²) in [6, 6.07) is 4.51. The molecule has 0 aliphatic heterocycles. The summed E-state index contributed by atoms with van der Waals surface area (Å²) in [6.07, 6.45) is 2.87. The number of halogens is 1. The maximum absolute atomic E-state index is 11.5. The molecule has 0 atom stereocenters. The number of carbonyl (C=O) groups excluding carboxylic acids is 1. The topological polar surface area (TPSA) is 49.3 Å². The first-order valence-corrected chi connectivity index (χ1v) is 5.31. The summed E-state index contributed by atoms with van der Waals surface area (Å²) in [5, 5.41) is 12.2. The largest absolute Gasteiger partial charge is 0.508 e. The number of phenolic OH excluding ortho intramolecular Hbond substituents is 1. The van der Waals surface area contributed by atoms with Gasteiger partial charge in [0.25, 0.3) is 0 Å². The molecule has 3 nitrogen and oxygen atoms in total. The molecule has 2 rings (SSSR count). The van der Waals surface area contributed by atoms with Crippen LogP contribution in [0.15, 0.2) is 18.2 Å². The van der Waals surface area contributed by atoms with Crippen molar-refractivity contribution in [1.29, 1.82) is 0 Å². The minimum absolute atomic E-state index is 0.00918. The van der Waals surface area contributed by atoms with E-state index in [1.165, 1.54) is 12.1 Å². The van der Waals surface area contributed by atoms with Crippen LogP contribution >= 0.6 is 11.6 Å². The van der Waals surface area contributed by atoms with Crippen molar-refractivity contribution in [3.8, 4) is 5.75 Å². The van der Waals surface area contributed by atoms with E-state index in [-0.39, 0.29) is 11.7 Å². The number of hydrogen-bond acceptors (Lipinski definition) is 2. The standard InChI is InChI=1S/C11H12ClNO2/c12-9-6-8(14)3-4-10(9)13-11(15)5-7-1-2-7/h3-4,6-7,14H,1-2,5H2,(H,13,15). The summed E-state index contributed by atoms with van der Waals surface area (Å²) in [5.41, 5.74) is 0.556. The third kappa shape index (κ3) is 2.86. The minimum Gasteiger partial charge on any atom is -0.508 e. The van der Waals surface area contributed by atoms with Gasteiger partial charge in [-0.25, -0.2) is 0 Å². The van der Waals surface area contributed by atoms with Crippen molar-refractivity contribution >= 4 is 23.2 Å². The molecule has 0 spiro atoms. The van der Waals surface area contributed by atoms with E-state index >= 15 is 0 Å². The zero-order chi connectivity index (χ0) is 10.8. The lowest BCUT2D eigenvalue weighted by Gasteiger charge is -2.06. The van der Waals surface area contributed by atoms with Gasteiger partial charge >= 0.3 is 0 Å². The molecule has 4 heteroatoms.